The molecule has 2 heterocycles. The van der Waals surface area contributed by atoms with Crippen LogP contribution >= 0.6 is 0 Å². The van der Waals surface area contributed by atoms with Crippen molar-refractivity contribution in [1.82, 2.24) is 25.1 Å². The molecular weight excluding hydrogens is 274 g/mol. The lowest BCUT2D eigenvalue weighted by Gasteiger charge is -2.43. The van der Waals surface area contributed by atoms with Crippen molar-refractivity contribution in [2.75, 3.05) is 13.1 Å². The van der Waals surface area contributed by atoms with Crippen molar-refractivity contribution in [3.05, 3.63) is 41.7 Å². The van der Waals surface area contributed by atoms with Crippen LogP contribution in [0.3, 0.4) is 0 Å². The van der Waals surface area contributed by atoms with E-state index in [-0.39, 0.29) is 6.04 Å². The Kier molecular flexibility index (Phi) is 3.26. The molecule has 1 aromatic carbocycles. The maximum absolute atomic E-state index is 4.21. The summed E-state index contributed by atoms with van der Waals surface area (Å²) in [4.78, 5) is 2.57. The van der Waals surface area contributed by atoms with E-state index in [0.717, 1.165) is 12.4 Å². The number of tetrazole rings is 1. The molecule has 2 aromatic rings. The van der Waals surface area contributed by atoms with E-state index in [1.807, 2.05) is 7.05 Å². The van der Waals surface area contributed by atoms with Crippen molar-refractivity contribution < 1.29 is 0 Å². The molecule has 1 saturated carbocycles. The van der Waals surface area contributed by atoms with Gasteiger partial charge in [0.05, 0.1) is 6.04 Å². The Hall–Kier alpha value is -1.75. The highest BCUT2D eigenvalue weighted by molar-refractivity contribution is 5.26. The second-order valence-electron chi connectivity index (χ2n) is 6.95. The van der Waals surface area contributed by atoms with Crippen LogP contribution in [0, 0.1) is 5.41 Å². The minimum Gasteiger partial charge on any atom is -0.292 e. The van der Waals surface area contributed by atoms with Gasteiger partial charge in [-0.15, -0.1) is 5.10 Å². The standard InChI is InChI=1S/C17H23N5/c1-13(16-18-19-20-21(16)2)22-11-15(14-7-4-3-5-8-14)17(12-22)9-6-10-17/h3-5,7-8,13,15H,6,9-12H2,1-2H3. The Bertz CT molecular complexity index is 646. The number of hydrogen-bond acceptors (Lipinski definition) is 4. The van der Waals surface area contributed by atoms with Crippen molar-refractivity contribution in [1.29, 1.82) is 0 Å². The van der Waals surface area contributed by atoms with Crippen LogP contribution in [0.1, 0.15) is 49.5 Å². The summed E-state index contributed by atoms with van der Waals surface area (Å²) in [6, 6.07) is 11.3. The lowest BCUT2D eigenvalue weighted by Crippen LogP contribution is -2.37. The van der Waals surface area contributed by atoms with E-state index in [9.17, 15) is 0 Å². The average molecular weight is 297 g/mol. The fourth-order valence-electron chi connectivity index (χ4n) is 4.34. The van der Waals surface area contributed by atoms with Gasteiger partial charge >= 0.3 is 0 Å². The average Bonchev–Trinajstić information content (AvgIpc) is 3.11. The zero-order valence-electron chi connectivity index (χ0n) is 13.3. The van der Waals surface area contributed by atoms with Crippen molar-refractivity contribution >= 4 is 0 Å². The van der Waals surface area contributed by atoms with Gasteiger partial charge in [0.1, 0.15) is 0 Å². The van der Waals surface area contributed by atoms with Crippen LogP contribution in [-0.2, 0) is 7.05 Å². The van der Waals surface area contributed by atoms with Crippen LogP contribution in [0.5, 0.6) is 0 Å². The highest BCUT2D eigenvalue weighted by atomic mass is 15.5. The minimum atomic E-state index is 0.270. The van der Waals surface area contributed by atoms with Crippen molar-refractivity contribution in [2.24, 2.45) is 12.5 Å². The summed E-state index contributed by atoms with van der Waals surface area (Å²) in [6.07, 6.45) is 4.08. The van der Waals surface area contributed by atoms with Crippen molar-refractivity contribution in [2.45, 2.75) is 38.1 Å². The molecule has 5 nitrogen and oxygen atoms in total. The Morgan fingerprint density at radius 1 is 1.23 bits per heavy atom. The minimum absolute atomic E-state index is 0.270. The van der Waals surface area contributed by atoms with Crippen molar-refractivity contribution in [3.8, 4) is 0 Å². The topological polar surface area (TPSA) is 46.8 Å². The fourth-order valence-corrected chi connectivity index (χ4v) is 4.34. The molecule has 2 fully saturated rings. The Morgan fingerprint density at radius 3 is 2.59 bits per heavy atom. The van der Waals surface area contributed by atoms with E-state index in [1.165, 1.54) is 31.4 Å². The molecule has 0 amide bonds. The number of hydrogen-bond donors (Lipinski definition) is 0. The molecule has 0 bridgehead atoms. The first-order valence-corrected chi connectivity index (χ1v) is 8.21. The summed E-state index contributed by atoms with van der Waals surface area (Å²) in [7, 11) is 1.93. The normalized spacial score (nSPS) is 25.3. The van der Waals surface area contributed by atoms with E-state index in [0.29, 0.717) is 11.3 Å². The molecule has 2 atom stereocenters. The molecule has 116 valence electrons. The molecule has 1 aliphatic carbocycles. The highest BCUT2D eigenvalue weighted by Gasteiger charge is 2.51. The van der Waals surface area contributed by atoms with Gasteiger partial charge < -0.3 is 0 Å². The maximum Gasteiger partial charge on any atom is 0.167 e. The monoisotopic (exact) mass is 297 g/mol. The lowest BCUT2D eigenvalue weighted by molar-refractivity contribution is 0.111. The van der Waals surface area contributed by atoms with Crippen LogP contribution in [0.25, 0.3) is 0 Å². The molecule has 1 saturated heterocycles. The van der Waals surface area contributed by atoms with Gasteiger partial charge in [-0.2, -0.15) is 0 Å². The predicted octanol–water partition coefficient (Wildman–Crippen LogP) is 2.54. The highest BCUT2D eigenvalue weighted by Crippen LogP contribution is 2.56. The zero-order valence-corrected chi connectivity index (χ0v) is 13.3. The van der Waals surface area contributed by atoms with Gasteiger partial charge in [-0.05, 0) is 41.2 Å². The molecule has 22 heavy (non-hydrogen) atoms. The van der Waals surface area contributed by atoms with Gasteiger partial charge in [-0.1, -0.05) is 36.8 Å². The molecule has 2 aliphatic rings. The van der Waals surface area contributed by atoms with Gasteiger partial charge in [0.15, 0.2) is 5.82 Å². The van der Waals surface area contributed by atoms with Crippen LogP contribution in [0.4, 0.5) is 0 Å². The van der Waals surface area contributed by atoms with Gasteiger partial charge in [-0.3, -0.25) is 4.90 Å². The smallest absolute Gasteiger partial charge is 0.167 e. The summed E-state index contributed by atoms with van der Waals surface area (Å²) in [6.45, 7) is 4.50. The predicted molar refractivity (Wildman–Crippen MR) is 84.3 cm³/mol. The molecule has 2 unspecified atom stereocenters. The zero-order chi connectivity index (χ0) is 15.2. The second kappa shape index (κ2) is 5.16. The van der Waals surface area contributed by atoms with E-state index < -0.39 is 0 Å². The lowest BCUT2D eigenvalue weighted by atomic mass is 9.61. The quantitative estimate of drug-likeness (QED) is 0.873. The Balaban J connectivity index is 1.61. The Labute approximate surface area is 131 Å². The van der Waals surface area contributed by atoms with Gasteiger partial charge in [-0.25, -0.2) is 4.68 Å². The van der Waals surface area contributed by atoms with E-state index in [2.05, 4.69) is 57.7 Å². The largest absolute Gasteiger partial charge is 0.292 e. The third kappa shape index (κ3) is 2.07. The van der Waals surface area contributed by atoms with Crippen molar-refractivity contribution in [3.63, 3.8) is 0 Å². The third-order valence-electron chi connectivity index (χ3n) is 5.80. The number of aromatic nitrogens is 4. The van der Waals surface area contributed by atoms with Gasteiger partial charge in [0.25, 0.3) is 0 Å². The first-order valence-electron chi connectivity index (χ1n) is 8.21. The molecule has 5 heteroatoms. The number of nitrogens with zero attached hydrogens (tertiary/aromatic N) is 5. The second-order valence-corrected chi connectivity index (χ2v) is 6.95. The van der Waals surface area contributed by atoms with Gasteiger partial charge in [0.2, 0.25) is 0 Å². The first kappa shape index (κ1) is 13.9. The fraction of sp³-hybridized carbons (Fsp3) is 0.588. The van der Waals surface area contributed by atoms with Crippen LogP contribution < -0.4 is 0 Å². The van der Waals surface area contributed by atoms with E-state index >= 15 is 0 Å². The molecule has 1 aliphatic heterocycles. The third-order valence-corrected chi connectivity index (χ3v) is 5.80. The first-order chi connectivity index (χ1) is 10.7. The summed E-state index contributed by atoms with van der Waals surface area (Å²) in [5.41, 5.74) is 1.97. The number of aryl methyl sites for hydroxylation is 1. The van der Waals surface area contributed by atoms with E-state index in [4.69, 9.17) is 0 Å². The SMILES string of the molecule is CC(c1nnnn1C)N1CC(c2ccccc2)C2(CCC2)C1. The molecule has 0 radical (unpaired) electrons. The summed E-state index contributed by atoms with van der Waals surface area (Å²) < 4.78 is 1.80. The van der Waals surface area contributed by atoms with Crippen LogP contribution in [-0.4, -0.2) is 38.2 Å². The molecule has 1 spiro atoms. The molecular formula is C17H23N5. The van der Waals surface area contributed by atoms with Crippen LogP contribution in [0.2, 0.25) is 0 Å². The maximum atomic E-state index is 4.21. The summed E-state index contributed by atoms with van der Waals surface area (Å²) in [5.74, 6) is 1.61. The number of rotatable bonds is 3. The summed E-state index contributed by atoms with van der Waals surface area (Å²) in [5, 5.41) is 12.0. The van der Waals surface area contributed by atoms with Gasteiger partial charge in [0, 0.05) is 26.1 Å². The molecule has 1 aromatic heterocycles. The number of likely N-dealkylation sites (tertiary alicyclic amines) is 1. The number of benzene rings is 1. The van der Waals surface area contributed by atoms with E-state index in [1.54, 1.807) is 4.68 Å². The van der Waals surface area contributed by atoms with Crippen LogP contribution in [0.15, 0.2) is 30.3 Å². The molecule has 4 rings (SSSR count). The summed E-state index contributed by atoms with van der Waals surface area (Å²) >= 11 is 0. The molecule has 0 N–H and O–H groups in total. The Morgan fingerprint density at radius 2 is 2.00 bits per heavy atom.